The van der Waals surface area contributed by atoms with Gasteiger partial charge in [-0.15, -0.1) is 11.3 Å². The van der Waals surface area contributed by atoms with Crippen molar-refractivity contribution < 1.29 is 0 Å². The lowest BCUT2D eigenvalue weighted by atomic mass is 10.1. The first-order chi connectivity index (χ1) is 10.4. The van der Waals surface area contributed by atoms with Gasteiger partial charge in [-0.3, -0.25) is 0 Å². The molecule has 2 aromatic heterocycles. The van der Waals surface area contributed by atoms with Crippen molar-refractivity contribution >= 4 is 11.3 Å². The number of nitrogens with zero attached hydrogens (tertiary/aromatic N) is 2. The predicted octanol–water partition coefficient (Wildman–Crippen LogP) is 3.90. The third kappa shape index (κ3) is 3.50. The maximum atomic E-state index is 4.19. The van der Waals surface area contributed by atoms with Gasteiger partial charge in [0.05, 0.1) is 6.04 Å². The molecule has 3 nitrogen and oxygen atoms in total. The molecule has 0 amide bonds. The fraction of sp³-hybridized carbons (Fsp3) is 0.529. The van der Waals surface area contributed by atoms with Crippen LogP contribution < -0.4 is 5.32 Å². The molecule has 1 N–H and O–H groups in total. The van der Waals surface area contributed by atoms with Crippen LogP contribution in [0, 0.1) is 0 Å². The van der Waals surface area contributed by atoms with Crippen molar-refractivity contribution in [1.29, 1.82) is 0 Å². The number of fused-ring (bicyclic) bond motifs is 1. The lowest BCUT2D eigenvalue weighted by molar-refractivity contribution is 0.601. The first-order valence-corrected chi connectivity index (χ1v) is 8.80. The highest BCUT2D eigenvalue weighted by Gasteiger charge is 2.20. The standard InChI is InChI=1S/C17H23N3S/c1-2-8-20-17(14-10-18-12-19-11-14)16-9-13-6-4-3-5-7-15(13)21-16/h9-12,17,20H,2-8H2,1H3. The molecule has 0 spiro atoms. The largest absolute Gasteiger partial charge is 0.306 e. The van der Waals surface area contributed by atoms with E-state index < -0.39 is 0 Å². The first kappa shape index (κ1) is 14.7. The Labute approximate surface area is 130 Å². The minimum Gasteiger partial charge on any atom is -0.306 e. The van der Waals surface area contributed by atoms with Crippen LogP contribution in [-0.2, 0) is 12.8 Å². The molecule has 0 radical (unpaired) electrons. The van der Waals surface area contributed by atoms with Crippen LogP contribution in [0.3, 0.4) is 0 Å². The Morgan fingerprint density at radius 3 is 2.81 bits per heavy atom. The topological polar surface area (TPSA) is 37.8 Å². The molecule has 112 valence electrons. The predicted molar refractivity (Wildman–Crippen MR) is 87.7 cm³/mol. The van der Waals surface area contributed by atoms with Crippen LogP contribution in [-0.4, -0.2) is 16.5 Å². The van der Waals surface area contributed by atoms with Gasteiger partial charge in [0, 0.05) is 27.7 Å². The van der Waals surface area contributed by atoms with Crippen LogP contribution in [0.2, 0.25) is 0 Å². The summed E-state index contributed by atoms with van der Waals surface area (Å²) in [5, 5.41) is 3.66. The van der Waals surface area contributed by atoms with Crippen LogP contribution in [0.15, 0.2) is 24.8 Å². The molecule has 1 unspecified atom stereocenters. The molecular weight excluding hydrogens is 278 g/mol. The Morgan fingerprint density at radius 1 is 1.19 bits per heavy atom. The Kier molecular flexibility index (Phi) is 4.99. The maximum absolute atomic E-state index is 4.19. The molecule has 21 heavy (non-hydrogen) atoms. The van der Waals surface area contributed by atoms with E-state index in [2.05, 4.69) is 28.3 Å². The minimum atomic E-state index is 0.239. The van der Waals surface area contributed by atoms with E-state index in [1.165, 1.54) is 42.5 Å². The number of nitrogens with one attached hydrogen (secondary N) is 1. The fourth-order valence-corrected chi connectivity index (χ4v) is 4.33. The summed E-state index contributed by atoms with van der Waals surface area (Å²) in [5.41, 5.74) is 2.75. The van der Waals surface area contributed by atoms with Crippen molar-refractivity contribution in [2.24, 2.45) is 0 Å². The molecule has 2 aromatic rings. The molecule has 0 bridgehead atoms. The van der Waals surface area contributed by atoms with Gasteiger partial charge >= 0.3 is 0 Å². The molecule has 4 heteroatoms. The highest BCUT2D eigenvalue weighted by Crippen LogP contribution is 2.34. The average molecular weight is 301 g/mol. The molecule has 0 aromatic carbocycles. The summed E-state index contributed by atoms with van der Waals surface area (Å²) in [6, 6.07) is 2.66. The summed E-state index contributed by atoms with van der Waals surface area (Å²) in [7, 11) is 0. The molecule has 0 saturated heterocycles. The average Bonchev–Trinajstić information content (AvgIpc) is 2.79. The number of hydrogen-bond donors (Lipinski definition) is 1. The number of aromatic nitrogens is 2. The van der Waals surface area contributed by atoms with Gasteiger partial charge in [-0.05, 0) is 50.3 Å². The molecule has 2 heterocycles. The van der Waals surface area contributed by atoms with Gasteiger partial charge in [0.2, 0.25) is 0 Å². The zero-order valence-corrected chi connectivity index (χ0v) is 13.5. The van der Waals surface area contributed by atoms with Gasteiger partial charge < -0.3 is 5.32 Å². The molecular formula is C17H23N3S. The molecule has 0 aliphatic heterocycles. The van der Waals surface area contributed by atoms with Crippen molar-refractivity contribution in [2.45, 2.75) is 51.5 Å². The quantitative estimate of drug-likeness (QED) is 0.851. The smallest absolute Gasteiger partial charge is 0.115 e. The maximum Gasteiger partial charge on any atom is 0.115 e. The Balaban J connectivity index is 1.89. The van der Waals surface area contributed by atoms with Crippen molar-refractivity contribution in [3.8, 4) is 0 Å². The van der Waals surface area contributed by atoms with E-state index in [9.17, 15) is 0 Å². The van der Waals surface area contributed by atoms with E-state index in [1.807, 2.05) is 23.7 Å². The third-order valence-corrected chi connectivity index (χ3v) is 5.36. The van der Waals surface area contributed by atoms with Gasteiger partial charge in [0.1, 0.15) is 6.33 Å². The van der Waals surface area contributed by atoms with Gasteiger partial charge in [-0.1, -0.05) is 13.3 Å². The summed E-state index contributed by atoms with van der Waals surface area (Å²) < 4.78 is 0. The SMILES string of the molecule is CCCNC(c1cncnc1)c1cc2c(s1)CCCCC2. The zero-order chi connectivity index (χ0) is 14.5. The summed E-state index contributed by atoms with van der Waals surface area (Å²) in [5.74, 6) is 0. The second kappa shape index (κ2) is 7.14. The summed E-state index contributed by atoms with van der Waals surface area (Å²) >= 11 is 1.98. The molecule has 0 saturated carbocycles. The zero-order valence-electron chi connectivity index (χ0n) is 12.6. The van der Waals surface area contributed by atoms with Crippen molar-refractivity contribution in [2.75, 3.05) is 6.54 Å². The highest BCUT2D eigenvalue weighted by atomic mass is 32.1. The van der Waals surface area contributed by atoms with Gasteiger partial charge in [0.25, 0.3) is 0 Å². The van der Waals surface area contributed by atoms with Gasteiger partial charge in [0.15, 0.2) is 0 Å². The van der Waals surface area contributed by atoms with Crippen LogP contribution in [0.1, 0.15) is 59.5 Å². The third-order valence-electron chi connectivity index (χ3n) is 4.06. The van der Waals surface area contributed by atoms with Gasteiger partial charge in [-0.2, -0.15) is 0 Å². The molecule has 1 aliphatic rings. The minimum absolute atomic E-state index is 0.239. The van der Waals surface area contributed by atoms with Crippen LogP contribution in [0.4, 0.5) is 0 Å². The van der Waals surface area contributed by atoms with Crippen LogP contribution in [0.25, 0.3) is 0 Å². The van der Waals surface area contributed by atoms with E-state index in [0.29, 0.717) is 0 Å². The van der Waals surface area contributed by atoms with E-state index in [0.717, 1.165) is 13.0 Å². The summed E-state index contributed by atoms with van der Waals surface area (Å²) in [6.07, 6.45) is 13.2. The summed E-state index contributed by atoms with van der Waals surface area (Å²) in [6.45, 7) is 3.22. The molecule has 1 aliphatic carbocycles. The Bertz CT molecular complexity index is 541. The second-order valence-electron chi connectivity index (χ2n) is 5.72. The number of aryl methyl sites for hydroxylation is 2. The van der Waals surface area contributed by atoms with E-state index in [-0.39, 0.29) is 6.04 Å². The van der Waals surface area contributed by atoms with E-state index >= 15 is 0 Å². The lowest BCUT2D eigenvalue weighted by Crippen LogP contribution is -2.22. The van der Waals surface area contributed by atoms with E-state index in [4.69, 9.17) is 0 Å². The fourth-order valence-electron chi connectivity index (χ4n) is 2.96. The Hall–Kier alpha value is -1.26. The number of rotatable bonds is 5. The molecule has 1 atom stereocenters. The Morgan fingerprint density at radius 2 is 2.00 bits per heavy atom. The summed E-state index contributed by atoms with van der Waals surface area (Å²) in [4.78, 5) is 11.4. The van der Waals surface area contributed by atoms with Crippen molar-refractivity contribution in [3.05, 3.63) is 45.7 Å². The first-order valence-electron chi connectivity index (χ1n) is 7.98. The van der Waals surface area contributed by atoms with Crippen molar-refractivity contribution in [3.63, 3.8) is 0 Å². The normalized spacial score (nSPS) is 16.2. The highest BCUT2D eigenvalue weighted by molar-refractivity contribution is 7.12. The number of thiophene rings is 1. The van der Waals surface area contributed by atoms with Gasteiger partial charge in [-0.25, -0.2) is 9.97 Å². The molecule has 0 fully saturated rings. The lowest BCUT2D eigenvalue weighted by Gasteiger charge is -2.16. The monoisotopic (exact) mass is 301 g/mol. The second-order valence-corrected chi connectivity index (χ2v) is 6.89. The van der Waals surface area contributed by atoms with Crippen LogP contribution >= 0.6 is 11.3 Å². The van der Waals surface area contributed by atoms with Crippen molar-refractivity contribution in [1.82, 2.24) is 15.3 Å². The molecule has 3 rings (SSSR count). The van der Waals surface area contributed by atoms with E-state index in [1.54, 1.807) is 16.8 Å². The number of hydrogen-bond acceptors (Lipinski definition) is 4. The van der Waals surface area contributed by atoms with Crippen LogP contribution in [0.5, 0.6) is 0 Å².